The van der Waals surface area contributed by atoms with E-state index >= 15 is 0 Å². The number of nitrogen functional groups attached to an aromatic ring is 1. The van der Waals surface area contributed by atoms with Crippen molar-refractivity contribution >= 4 is 29.5 Å². The summed E-state index contributed by atoms with van der Waals surface area (Å²) in [6.45, 7) is 0. The zero-order chi connectivity index (χ0) is 10.1. The van der Waals surface area contributed by atoms with Crippen molar-refractivity contribution in [1.29, 1.82) is 0 Å². The van der Waals surface area contributed by atoms with Gasteiger partial charge in [-0.15, -0.1) is 5.10 Å². The molecule has 0 amide bonds. The highest BCUT2D eigenvalue weighted by Crippen LogP contribution is 2.27. The number of benzene rings is 1. The second-order valence-electron chi connectivity index (χ2n) is 2.66. The van der Waals surface area contributed by atoms with Crippen LogP contribution in [0.3, 0.4) is 0 Å². The van der Waals surface area contributed by atoms with E-state index in [0.717, 1.165) is 0 Å². The molecule has 6 heteroatoms. The lowest BCUT2D eigenvalue weighted by Crippen LogP contribution is -1.86. The normalized spacial score (nSPS) is 10.4. The van der Waals surface area contributed by atoms with Crippen molar-refractivity contribution in [2.45, 2.75) is 0 Å². The molecule has 2 rings (SSSR count). The monoisotopic (exact) mass is 227 g/mol. The second-order valence-corrected chi connectivity index (χ2v) is 3.44. The van der Waals surface area contributed by atoms with Crippen molar-refractivity contribution in [3.8, 4) is 11.5 Å². The van der Waals surface area contributed by atoms with Crippen LogP contribution in [-0.2, 0) is 0 Å². The lowest BCUT2D eigenvalue weighted by molar-refractivity contribution is 0.552. The minimum atomic E-state index is 0.207. The first kappa shape index (κ1) is 9.23. The van der Waals surface area contributed by atoms with Crippen LogP contribution in [0.5, 0.6) is 0 Å². The van der Waals surface area contributed by atoms with Gasteiger partial charge in [0.1, 0.15) is 0 Å². The van der Waals surface area contributed by atoms with Gasteiger partial charge in [-0.3, -0.25) is 0 Å². The van der Waals surface area contributed by atoms with Gasteiger partial charge in [0.05, 0.1) is 10.6 Å². The molecule has 0 saturated carbocycles. The van der Waals surface area contributed by atoms with Crippen molar-refractivity contribution in [2.24, 2.45) is 0 Å². The van der Waals surface area contributed by atoms with Crippen LogP contribution in [0.1, 0.15) is 0 Å². The third-order valence-corrected chi connectivity index (χ3v) is 2.16. The average Bonchev–Trinajstić information content (AvgIpc) is 2.56. The average molecular weight is 228 g/mol. The minimum Gasteiger partial charge on any atom is -0.409 e. The molecule has 0 radical (unpaired) electrons. The fourth-order valence-electron chi connectivity index (χ4n) is 1.05. The predicted octanol–water partition coefficient (Wildman–Crippen LogP) is 2.63. The van der Waals surface area contributed by atoms with Crippen LogP contribution in [0.15, 0.2) is 22.6 Å². The maximum atomic E-state index is 5.94. The van der Waals surface area contributed by atoms with Gasteiger partial charge in [0, 0.05) is 5.69 Å². The Balaban J connectivity index is 2.61. The van der Waals surface area contributed by atoms with E-state index in [2.05, 4.69) is 10.2 Å². The number of aromatic amines is 1. The molecule has 2 aromatic rings. The summed E-state index contributed by atoms with van der Waals surface area (Å²) in [5.41, 5.74) is 6.82. The van der Waals surface area contributed by atoms with Gasteiger partial charge < -0.3 is 10.2 Å². The number of nitrogens with two attached hydrogens (primary N) is 1. The van der Waals surface area contributed by atoms with Crippen LogP contribution in [0.2, 0.25) is 5.02 Å². The van der Waals surface area contributed by atoms with Crippen molar-refractivity contribution in [3.63, 3.8) is 0 Å². The minimum absolute atomic E-state index is 0.207. The van der Waals surface area contributed by atoms with Crippen molar-refractivity contribution in [3.05, 3.63) is 28.1 Å². The summed E-state index contributed by atoms with van der Waals surface area (Å²) < 4.78 is 5.11. The van der Waals surface area contributed by atoms with E-state index < -0.39 is 0 Å². The lowest BCUT2D eigenvalue weighted by Gasteiger charge is -1.99. The maximum Gasteiger partial charge on any atom is 0.284 e. The van der Waals surface area contributed by atoms with Gasteiger partial charge in [-0.1, -0.05) is 11.6 Å². The zero-order valence-electron chi connectivity index (χ0n) is 6.95. The van der Waals surface area contributed by atoms with Crippen LogP contribution in [0.25, 0.3) is 11.5 Å². The van der Waals surface area contributed by atoms with E-state index in [1.165, 1.54) is 0 Å². The van der Waals surface area contributed by atoms with Gasteiger partial charge in [-0.25, -0.2) is 5.10 Å². The molecule has 4 nitrogen and oxygen atoms in total. The number of rotatable bonds is 1. The molecular weight excluding hydrogens is 222 g/mol. The Bertz CT molecular complexity index is 519. The highest BCUT2D eigenvalue weighted by Gasteiger charge is 2.08. The second kappa shape index (κ2) is 3.43. The van der Waals surface area contributed by atoms with Crippen molar-refractivity contribution < 1.29 is 4.42 Å². The molecule has 0 unspecified atom stereocenters. The lowest BCUT2D eigenvalue weighted by atomic mass is 10.2. The van der Waals surface area contributed by atoms with E-state index in [0.29, 0.717) is 22.2 Å². The molecule has 3 N–H and O–H groups in total. The molecule has 0 saturated heterocycles. The summed E-state index contributed by atoms with van der Waals surface area (Å²) in [4.78, 5) is 0.207. The predicted molar refractivity (Wildman–Crippen MR) is 56.5 cm³/mol. The molecule has 0 atom stereocenters. The Morgan fingerprint density at radius 2 is 2.29 bits per heavy atom. The SMILES string of the molecule is Nc1ccc(Cl)c(-c2n[nH]c(=S)o2)c1. The smallest absolute Gasteiger partial charge is 0.284 e. The molecule has 0 aliphatic carbocycles. The van der Waals surface area contributed by atoms with Crippen LogP contribution in [0, 0.1) is 4.84 Å². The van der Waals surface area contributed by atoms with Crippen LogP contribution < -0.4 is 5.73 Å². The van der Waals surface area contributed by atoms with Crippen LogP contribution in [0.4, 0.5) is 5.69 Å². The summed E-state index contributed by atoms with van der Waals surface area (Å²) in [6.07, 6.45) is 0. The van der Waals surface area contributed by atoms with E-state index in [4.69, 9.17) is 34.0 Å². The van der Waals surface area contributed by atoms with Crippen molar-refractivity contribution in [2.75, 3.05) is 5.73 Å². The molecule has 0 fully saturated rings. The maximum absolute atomic E-state index is 5.94. The van der Waals surface area contributed by atoms with Crippen molar-refractivity contribution in [1.82, 2.24) is 10.2 Å². The molecular formula is C8H6ClN3OS. The van der Waals surface area contributed by atoms with E-state index in [-0.39, 0.29) is 4.84 Å². The number of aromatic nitrogens is 2. The molecule has 0 aliphatic rings. The third kappa shape index (κ3) is 1.64. The van der Waals surface area contributed by atoms with E-state index in [1.807, 2.05) is 0 Å². The molecule has 72 valence electrons. The van der Waals surface area contributed by atoms with Crippen LogP contribution in [-0.4, -0.2) is 10.2 Å². The molecule has 1 aromatic carbocycles. The number of halogens is 1. The third-order valence-electron chi connectivity index (χ3n) is 1.66. The van der Waals surface area contributed by atoms with E-state index in [9.17, 15) is 0 Å². The molecule has 1 heterocycles. The first-order valence-electron chi connectivity index (χ1n) is 3.78. The highest BCUT2D eigenvalue weighted by atomic mass is 35.5. The van der Waals surface area contributed by atoms with Gasteiger partial charge in [-0.05, 0) is 30.4 Å². The largest absolute Gasteiger partial charge is 0.409 e. The molecule has 0 aliphatic heterocycles. The highest BCUT2D eigenvalue weighted by molar-refractivity contribution is 7.71. The fraction of sp³-hybridized carbons (Fsp3) is 0. The number of anilines is 1. The number of nitrogens with zero attached hydrogens (tertiary/aromatic N) is 1. The molecule has 0 bridgehead atoms. The molecule has 0 spiro atoms. The summed E-state index contributed by atoms with van der Waals surface area (Å²) in [7, 11) is 0. The molecule has 14 heavy (non-hydrogen) atoms. The van der Waals surface area contributed by atoms with Gasteiger partial charge in [0.25, 0.3) is 4.84 Å². The Labute approximate surface area is 89.7 Å². The molecule has 1 aromatic heterocycles. The van der Waals surface area contributed by atoms with Gasteiger partial charge in [0.15, 0.2) is 0 Å². The summed E-state index contributed by atoms with van der Waals surface area (Å²) in [5, 5.41) is 6.88. The number of hydrogen-bond donors (Lipinski definition) is 2. The number of nitrogens with one attached hydrogen (secondary N) is 1. The fourth-order valence-corrected chi connectivity index (χ4v) is 1.37. The van der Waals surface area contributed by atoms with Crippen LogP contribution >= 0.6 is 23.8 Å². The topological polar surface area (TPSA) is 67.8 Å². The zero-order valence-corrected chi connectivity index (χ0v) is 8.52. The van der Waals surface area contributed by atoms with Gasteiger partial charge in [0.2, 0.25) is 5.89 Å². The Hall–Kier alpha value is -1.33. The van der Waals surface area contributed by atoms with E-state index in [1.54, 1.807) is 18.2 Å². The van der Waals surface area contributed by atoms with Gasteiger partial charge in [-0.2, -0.15) is 0 Å². The first-order chi connectivity index (χ1) is 6.66. The number of H-pyrrole nitrogens is 1. The Morgan fingerprint density at radius 3 is 2.93 bits per heavy atom. The Kier molecular flexibility index (Phi) is 2.26. The summed E-state index contributed by atoms with van der Waals surface area (Å²) in [5.74, 6) is 0.340. The Morgan fingerprint density at radius 1 is 1.50 bits per heavy atom. The first-order valence-corrected chi connectivity index (χ1v) is 4.56. The standard InChI is InChI=1S/C8H6ClN3OS/c9-6-2-1-4(10)3-5(6)7-11-12-8(14)13-7/h1-3H,10H2,(H,12,14). The summed E-state index contributed by atoms with van der Waals surface area (Å²) >= 11 is 10.7. The number of hydrogen-bond acceptors (Lipinski definition) is 4. The van der Waals surface area contributed by atoms with Gasteiger partial charge >= 0.3 is 0 Å². The summed E-state index contributed by atoms with van der Waals surface area (Å²) in [6, 6.07) is 5.06. The quantitative estimate of drug-likeness (QED) is 0.581.